The van der Waals surface area contributed by atoms with Crippen LogP contribution in [0, 0.1) is 6.92 Å². The molecule has 3 nitrogen and oxygen atoms in total. The van der Waals surface area contributed by atoms with Crippen LogP contribution in [-0.4, -0.2) is 31.8 Å². The molecule has 0 bridgehead atoms. The molecule has 0 spiro atoms. The lowest BCUT2D eigenvalue weighted by Crippen LogP contribution is -2.40. The van der Waals surface area contributed by atoms with E-state index in [4.69, 9.17) is 4.74 Å². The van der Waals surface area contributed by atoms with Crippen molar-refractivity contribution in [3.05, 3.63) is 23.8 Å². The van der Waals surface area contributed by atoms with E-state index in [0.29, 0.717) is 12.1 Å². The van der Waals surface area contributed by atoms with E-state index in [-0.39, 0.29) is 0 Å². The van der Waals surface area contributed by atoms with Gasteiger partial charge in [0.25, 0.3) is 0 Å². The first kappa shape index (κ1) is 13.7. The smallest absolute Gasteiger partial charge is 0.0614 e. The fraction of sp³-hybridized carbons (Fsp3) is 0.647. The second-order valence-corrected chi connectivity index (χ2v) is 6.08. The Morgan fingerprint density at radius 2 is 2.00 bits per heavy atom. The molecular formula is C17H26N2O. The monoisotopic (exact) mass is 274 g/mol. The Kier molecular flexibility index (Phi) is 4.16. The van der Waals surface area contributed by atoms with Gasteiger partial charge in [-0.3, -0.25) is 0 Å². The molecule has 2 aliphatic rings. The van der Waals surface area contributed by atoms with E-state index in [2.05, 4.69) is 42.3 Å². The van der Waals surface area contributed by atoms with Crippen molar-refractivity contribution in [3.8, 4) is 0 Å². The van der Waals surface area contributed by atoms with Gasteiger partial charge in [-0.25, -0.2) is 0 Å². The number of rotatable bonds is 5. The summed E-state index contributed by atoms with van der Waals surface area (Å²) in [5, 5.41) is 3.65. The van der Waals surface area contributed by atoms with E-state index in [1.165, 1.54) is 42.9 Å². The molecule has 20 heavy (non-hydrogen) atoms. The van der Waals surface area contributed by atoms with E-state index in [1.54, 1.807) is 0 Å². The summed E-state index contributed by atoms with van der Waals surface area (Å²) >= 11 is 0. The van der Waals surface area contributed by atoms with E-state index < -0.39 is 0 Å². The fourth-order valence-corrected chi connectivity index (χ4v) is 3.26. The molecule has 1 N–H and O–H groups in total. The molecule has 1 aliphatic heterocycles. The molecular weight excluding hydrogens is 248 g/mol. The average Bonchev–Trinajstić information content (AvgIpc) is 2.92. The molecule has 1 saturated heterocycles. The van der Waals surface area contributed by atoms with Gasteiger partial charge >= 0.3 is 0 Å². The summed E-state index contributed by atoms with van der Waals surface area (Å²) in [5.74, 6) is 0. The molecule has 1 aromatic carbocycles. The standard InChI is InChI=1S/C17H26N2O/c1-3-20-16-11-14(12-16)18-17-7-6-15(10-13(17)2)19-8-4-5-9-19/h6-7,10,14,16,18H,3-5,8-9,11-12H2,1-2H3. The minimum Gasteiger partial charge on any atom is -0.382 e. The maximum absolute atomic E-state index is 5.62. The van der Waals surface area contributed by atoms with Gasteiger partial charge in [0.1, 0.15) is 0 Å². The van der Waals surface area contributed by atoms with Gasteiger partial charge in [0.2, 0.25) is 0 Å². The van der Waals surface area contributed by atoms with Crippen LogP contribution in [0.2, 0.25) is 0 Å². The molecule has 1 aromatic rings. The van der Waals surface area contributed by atoms with Gasteiger partial charge in [-0.2, -0.15) is 0 Å². The average molecular weight is 274 g/mol. The predicted octanol–water partition coefficient (Wildman–Crippen LogP) is 3.57. The van der Waals surface area contributed by atoms with Crippen molar-refractivity contribution in [2.75, 3.05) is 29.9 Å². The summed E-state index contributed by atoms with van der Waals surface area (Å²) in [6.07, 6.45) is 5.42. The van der Waals surface area contributed by atoms with Crippen LogP contribution in [0.1, 0.15) is 38.2 Å². The number of anilines is 2. The zero-order chi connectivity index (χ0) is 13.9. The highest BCUT2D eigenvalue weighted by atomic mass is 16.5. The first-order valence-corrected chi connectivity index (χ1v) is 8.00. The maximum Gasteiger partial charge on any atom is 0.0614 e. The van der Waals surface area contributed by atoms with Crippen molar-refractivity contribution in [2.45, 2.75) is 51.7 Å². The third kappa shape index (κ3) is 2.93. The van der Waals surface area contributed by atoms with Gasteiger partial charge in [0, 0.05) is 37.1 Å². The van der Waals surface area contributed by atoms with Crippen molar-refractivity contribution < 1.29 is 4.74 Å². The molecule has 0 unspecified atom stereocenters. The highest BCUT2D eigenvalue weighted by molar-refractivity contribution is 5.61. The quantitative estimate of drug-likeness (QED) is 0.888. The normalized spacial score (nSPS) is 25.6. The Bertz CT molecular complexity index is 448. The first-order chi connectivity index (χ1) is 9.76. The Labute approximate surface area is 122 Å². The highest BCUT2D eigenvalue weighted by Crippen LogP contribution is 2.30. The van der Waals surface area contributed by atoms with Crippen LogP contribution in [-0.2, 0) is 4.74 Å². The molecule has 0 amide bonds. The summed E-state index contributed by atoms with van der Waals surface area (Å²) in [4.78, 5) is 2.49. The number of hydrogen-bond donors (Lipinski definition) is 1. The lowest BCUT2D eigenvalue weighted by molar-refractivity contribution is 0.00298. The molecule has 3 rings (SSSR count). The van der Waals surface area contributed by atoms with E-state index in [9.17, 15) is 0 Å². The van der Waals surface area contributed by atoms with Crippen molar-refractivity contribution in [1.82, 2.24) is 0 Å². The molecule has 0 aromatic heterocycles. The number of nitrogens with one attached hydrogen (secondary N) is 1. The van der Waals surface area contributed by atoms with Crippen LogP contribution in [0.15, 0.2) is 18.2 Å². The molecule has 0 atom stereocenters. The molecule has 1 saturated carbocycles. The third-order valence-corrected chi connectivity index (χ3v) is 4.54. The van der Waals surface area contributed by atoms with Crippen LogP contribution in [0.3, 0.4) is 0 Å². The lowest BCUT2D eigenvalue weighted by Gasteiger charge is -2.36. The van der Waals surface area contributed by atoms with Gasteiger partial charge in [-0.15, -0.1) is 0 Å². The van der Waals surface area contributed by atoms with Crippen LogP contribution in [0.4, 0.5) is 11.4 Å². The highest BCUT2D eigenvalue weighted by Gasteiger charge is 2.29. The summed E-state index contributed by atoms with van der Waals surface area (Å²) < 4.78 is 5.62. The van der Waals surface area contributed by atoms with Crippen LogP contribution in [0.5, 0.6) is 0 Å². The van der Waals surface area contributed by atoms with Crippen LogP contribution < -0.4 is 10.2 Å². The van der Waals surface area contributed by atoms with Gasteiger partial charge in [-0.05, 0) is 63.3 Å². The second kappa shape index (κ2) is 6.04. The minimum atomic E-state index is 0.474. The fourth-order valence-electron chi connectivity index (χ4n) is 3.26. The van der Waals surface area contributed by atoms with E-state index in [0.717, 1.165) is 19.4 Å². The number of aryl methyl sites for hydroxylation is 1. The van der Waals surface area contributed by atoms with Crippen LogP contribution >= 0.6 is 0 Å². The maximum atomic E-state index is 5.62. The third-order valence-electron chi connectivity index (χ3n) is 4.54. The molecule has 0 radical (unpaired) electrons. The zero-order valence-corrected chi connectivity index (χ0v) is 12.7. The molecule has 1 aliphatic carbocycles. The topological polar surface area (TPSA) is 24.5 Å². The number of benzene rings is 1. The number of ether oxygens (including phenoxy) is 1. The SMILES string of the molecule is CCOC1CC(Nc2ccc(N3CCCC3)cc2C)C1. The minimum absolute atomic E-state index is 0.474. The molecule has 3 heteroatoms. The van der Waals surface area contributed by atoms with Crippen molar-refractivity contribution in [3.63, 3.8) is 0 Å². The van der Waals surface area contributed by atoms with Gasteiger partial charge in [-0.1, -0.05) is 0 Å². The summed E-state index contributed by atoms with van der Waals surface area (Å²) in [6.45, 7) is 7.54. The van der Waals surface area contributed by atoms with E-state index >= 15 is 0 Å². The number of hydrogen-bond acceptors (Lipinski definition) is 3. The summed E-state index contributed by atoms with van der Waals surface area (Å²) in [7, 11) is 0. The van der Waals surface area contributed by atoms with Gasteiger partial charge in [0.15, 0.2) is 0 Å². The Balaban J connectivity index is 1.57. The Hall–Kier alpha value is -1.22. The molecule has 1 heterocycles. The Morgan fingerprint density at radius 1 is 1.25 bits per heavy atom. The largest absolute Gasteiger partial charge is 0.382 e. The van der Waals surface area contributed by atoms with Crippen molar-refractivity contribution in [1.29, 1.82) is 0 Å². The summed E-state index contributed by atoms with van der Waals surface area (Å²) in [6, 6.07) is 7.42. The van der Waals surface area contributed by atoms with Gasteiger partial charge in [0.05, 0.1) is 6.10 Å². The second-order valence-electron chi connectivity index (χ2n) is 6.08. The number of nitrogens with zero attached hydrogens (tertiary/aromatic N) is 1. The Morgan fingerprint density at radius 3 is 2.65 bits per heavy atom. The molecule has 2 fully saturated rings. The van der Waals surface area contributed by atoms with Crippen molar-refractivity contribution >= 4 is 11.4 Å². The zero-order valence-electron chi connectivity index (χ0n) is 12.7. The first-order valence-electron chi connectivity index (χ1n) is 8.00. The van der Waals surface area contributed by atoms with E-state index in [1.807, 2.05) is 0 Å². The predicted molar refractivity (Wildman–Crippen MR) is 84.7 cm³/mol. The van der Waals surface area contributed by atoms with Crippen LogP contribution in [0.25, 0.3) is 0 Å². The summed E-state index contributed by atoms with van der Waals surface area (Å²) in [5.41, 5.74) is 4.02. The van der Waals surface area contributed by atoms with Crippen molar-refractivity contribution in [2.24, 2.45) is 0 Å². The van der Waals surface area contributed by atoms with Gasteiger partial charge < -0.3 is 15.0 Å². The molecule has 110 valence electrons. The lowest BCUT2D eigenvalue weighted by atomic mass is 9.89.